The summed E-state index contributed by atoms with van der Waals surface area (Å²) in [6, 6.07) is 0.102. The predicted molar refractivity (Wildman–Crippen MR) is 28.8 cm³/mol. The maximum absolute atomic E-state index is 5.05. The van der Waals surface area contributed by atoms with Crippen molar-refractivity contribution in [3.8, 4) is 0 Å². The van der Waals surface area contributed by atoms with Crippen LogP contribution in [0.2, 0.25) is 0 Å². The van der Waals surface area contributed by atoms with Gasteiger partial charge in [0.2, 0.25) is 0 Å². The molecule has 0 aliphatic carbocycles. The number of rotatable bonds is 2. The average Bonchev–Trinajstić information content (AvgIpc) is 1.35. The van der Waals surface area contributed by atoms with Crippen LogP contribution in [0.15, 0.2) is 0 Å². The predicted octanol–water partition coefficient (Wildman–Crippen LogP) is 0.371. The molecular weight excluding hydrogens is 122 g/mol. The highest BCUT2D eigenvalue weighted by Crippen LogP contribution is 1.87. The fourth-order valence-electron chi connectivity index (χ4n) is 0.0645. The molecule has 2 N–H and O–H groups in total. The smallest absolute Gasteiger partial charge is 0.152 e. The van der Waals surface area contributed by atoms with Gasteiger partial charge in [0.05, 0.1) is 0 Å². The van der Waals surface area contributed by atoms with Gasteiger partial charge < -0.3 is 4.74 Å². The molecule has 0 amide bonds. The largest absolute Gasteiger partial charge is 0.339 e. The van der Waals surface area contributed by atoms with Crippen LogP contribution in [0.1, 0.15) is 0 Å². The molecule has 0 aliphatic rings. The molecule has 0 radical (unpaired) electrons. The number of thiol groups is 1. The Morgan fingerprint density at radius 2 is 2.50 bits per heavy atom. The van der Waals surface area contributed by atoms with Gasteiger partial charge in [-0.15, -0.1) is 12.6 Å². The van der Waals surface area contributed by atoms with Crippen LogP contribution in [0.5, 0.6) is 0 Å². The molecule has 0 heterocycles. The Balaban J connectivity index is 2.63. The average molecular weight is 128 g/mol. The third kappa shape index (κ3) is 4.56. The van der Waals surface area contributed by atoms with Crippen LogP contribution in [0.4, 0.5) is 0 Å². The zero-order valence-corrected chi connectivity index (χ0v) is 4.75. The standard InChI is InChI=1S/C2H6ClNOS/c3-1-5-2(4)6/h2,6H,1,4H2/t2-/m0/s1. The maximum atomic E-state index is 5.05. The summed E-state index contributed by atoms with van der Waals surface area (Å²) in [6.45, 7) is 0. The van der Waals surface area contributed by atoms with E-state index in [2.05, 4.69) is 17.4 Å². The molecule has 0 bridgehead atoms. The SMILES string of the molecule is N[C@H](S)OCCl. The summed E-state index contributed by atoms with van der Waals surface area (Å²) < 4.78 is 4.45. The second kappa shape index (κ2) is 3.74. The number of nitrogens with two attached hydrogens (primary N) is 1. The van der Waals surface area contributed by atoms with Crippen molar-refractivity contribution in [2.75, 3.05) is 6.07 Å². The summed E-state index contributed by atoms with van der Waals surface area (Å²) >= 11 is 8.69. The number of halogens is 1. The Labute approximate surface area is 47.0 Å². The third-order valence-electron chi connectivity index (χ3n) is 0.234. The highest BCUT2D eigenvalue weighted by molar-refractivity contribution is 7.80. The number of ether oxygens (including phenoxy) is 1. The van der Waals surface area contributed by atoms with Crippen LogP contribution in [-0.2, 0) is 4.74 Å². The lowest BCUT2D eigenvalue weighted by atomic mass is 11.3. The van der Waals surface area contributed by atoms with Crippen molar-refractivity contribution >= 4 is 24.2 Å². The minimum absolute atomic E-state index is 0.102. The first kappa shape index (κ1) is 6.56. The molecule has 0 aromatic carbocycles. The van der Waals surface area contributed by atoms with Gasteiger partial charge in [0, 0.05) is 0 Å². The first-order chi connectivity index (χ1) is 2.77. The molecule has 6 heavy (non-hydrogen) atoms. The maximum Gasteiger partial charge on any atom is 0.152 e. The number of alkyl halides is 1. The van der Waals surface area contributed by atoms with E-state index in [1.165, 1.54) is 0 Å². The minimum atomic E-state index is -0.539. The topological polar surface area (TPSA) is 35.2 Å². The normalized spacial score (nSPS) is 14.5. The minimum Gasteiger partial charge on any atom is -0.339 e. The molecule has 0 aliphatic heterocycles. The van der Waals surface area contributed by atoms with E-state index in [4.69, 9.17) is 17.3 Å². The molecule has 0 saturated heterocycles. The molecule has 38 valence electrons. The van der Waals surface area contributed by atoms with E-state index >= 15 is 0 Å². The van der Waals surface area contributed by atoms with Gasteiger partial charge in [-0.3, -0.25) is 5.73 Å². The van der Waals surface area contributed by atoms with Gasteiger partial charge in [-0.2, -0.15) is 0 Å². The van der Waals surface area contributed by atoms with Gasteiger partial charge in [-0.25, -0.2) is 0 Å². The molecule has 0 saturated carbocycles. The third-order valence-corrected chi connectivity index (χ3v) is 0.509. The van der Waals surface area contributed by atoms with Crippen LogP contribution >= 0.6 is 24.2 Å². The molecule has 2 nitrogen and oxygen atoms in total. The highest BCUT2D eigenvalue weighted by atomic mass is 35.5. The van der Waals surface area contributed by atoms with Crippen molar-refractivity contribution in [2.24, 2.45) is 5.73 Å². The van der Waals surface area contributed by atoms with Crippen molar-refractivity contribution in [1.82, 2.24) is 0 Å². The molecule has 1 atom stereocenters. The van der Waals surface area contributed by atoms with Gasteiger partial charge in [-0.05, 0) is 0 Å². The van der Waals surface area contributed by atoms with Crippen LogP contribution in [-0.4, -0.2) is 11.6 Å². The van der Waals surface area contributed by atoms with Crippen LogP contribution < -0.4 is 5.73 Å². The van der Waals surface area contributed by atoms with E-state index in [1.54, 1.807) is 0 Å². The van der Waals surface area contributed by atoms with Gasteiger partial charge in [0.15, 0.2) is 5.56 Å². The van der Waals surface area contributed by atoms with Gasteiger partial charge in [-0.1, -0.05) is 11.6 Å². The van der Waals surface area contributed by atoms with Crippen molar-refractivity contribution in [1.29, 1.82) is 0 Å². The molecule has 0 aromatic rings. The first-order valence-electron chi connectivity index (χ1n) is 1.38. The lowest BCUT2D eigenvalue weighted by Gasteiger charge is -1.98. The summed E-state index contributed by atoms with van der Waals surface area (Å²) in [5, 5.41) is 0. The van der Waals surface area contributed by atoms with Crippen molar-refractivity contribution in [3.63, 3.8) is 0 Å². The van der Waals surface area contributed by atoms with Gasteiger partial charge in [0.1, 0.15) is 6.07 Å². The first-order valence-corrected chi connectivity index (χ1v) is 2.43. The molecular formula is C2H6ClNOS. The summed E-state index contributed by atoms with van der Waals surface area (Å²) in [5.74, 6) is 0. The quantitative estimate of drug-likeness (QED) is 0.320. The Kier molecular flexibility index (Phi) is 4.09. The van der Waals surface area contributed by atoms with E-state index < -0.39 is 5.56 Å². The second-order valence-corrected chi connectivity index (χ2v) is 1.39. The second-order valence-electron chi connectivity index (χ2n) is 0.666. The van der Waals surface area contributed by atoms with Crippen LogP contribution in [0.3, 0.4) is 0 Å². The zero-order chi connectivity index (χ0) is 4.99. The lowest BCUT2D eigenvalue weighted by molar-refractivity contribution is 0.161. The molecule has 4 heteroatoms. The van der Waals surface area contributed by atoms with Crippen LogP contribution in [0.25, 0.3) is 0 Å². The molecule has 0 rings (SSSR count). The van der Waals surface area contributed by atoms with Gasteiger partial charge in [0.25, 0.3) is 0 Å². The lowest BCUT2D eigenvalue weighted by Crippen LogP contribution is -2.14. The number of hydrogen-bond acceptors (Lipinski definition) is 3. The van der Waals surface area contributed by atoms with Crippen molar-refractivity contribution < 1.29 is 4.74 Å². The van der Waals surface area contributed by atoms with E-state index in [1.807, 2.05) is 0 Å². The van der Waals surface area contributed by atoms with Crippen LogP contribution in [0, 0.1) is 0 Å². The molecule has 0 spiro atoms. The fraction of sp³-hybridized carbons (Fsp3) is 1.00. The molecule has 0 fully saturated rings. The van der Waals surface area contributed by atoms with Crippen molar-refractivity contribution in [2.45, 2.75) is 5.56 Å². The van der Waals surface area contributed by atoms with E-state index in [9.17, 15) is 0 Å². The molecule has 0 unspecified atom stereocenters. The monoisotopic (exact) mass is 127 g/mol. The fourth-order valence-corrected chi connectivity index (χ4v) is 0.363. The zero-order valence-electron chi connectivity index (χ0n) is 3.10. The Morgan fingerprint density at radius 3 is 2.50 bits per heavy atom. The summed E-state index contributed by atoms with van der Waals surface area (Å²) in [4.78, 5) is 0. The Morgan fingerprint density at radius 1 is 2.00 bits per heavy atom. The van der Waals surface area contributed by atoms with Crippen molar-refractivity contribution in [3.05, 3.63) is 0 Å². The van der Waals surface area contributed by atoms with Gasteiger partial charge >= 0.3 is 0 Å². The number of hydrogen-bond donors (Lipinski definition) is 2. The highest BCUT2D eigenvalue weighted by Gasteiger charge is 1.85. The Bertz CT molecular complexity index is 34.7. The van der Waals surface area contributed by atoms with E-state index in [-0.39, 0.29) is 6.07 Å². The Hall–Kier alpha value is 0.560. The van der Waals surface area contributed by atoms with E-state index in [0.29, 0.717) is 0 Å². The summed E-state index contributed by atoms with van der Waals surface area (Å²) in [7, 11) is 0. The molecule has 0 aromatic heterocycles. The van der Waals surface area contributed by atoms with E-state index in [0.717, 1.165) is 0 Å². The summed E-state index contributed by atoms with van der Waals surface area (Å²) in [6.07, 6.45) is 0. The summed E-state index contributed by atoms with van der Waals surface area (Å²) in [5.41, 5.74) is 4.42.